The Bertz CT molecular complexity index is 657. The van der Waals surface area contributed by atoms with Crippen molar-refractivity contribution in [1.82, 2.24) is 15.3 Å². The molecule has 0 bridgehead atoms. The van der Waals surface area contributed by atoms with Gasteiger partial charge in [-0.3, -0.25) is 14.6 Å². The third-order valence-electron chi connectivity index (χ3n) is 3.18. The number of carbonyl (C=O) groups is 2. The van der Waals surface area contributed by atoms with Crippen LogP contribution in [0.15, 0.2) is 30.5 Å². The molecule has 1 aromatic carbocycles. The molecule has 6 heteroatoms. The van der Waals surface area contributed by atoms with E-state index in [4.69, 9.17) is 5.11 Å². The van der Waals surface area contributed by atoms with Crippen LogP contribution >= 0.6 is 0 Å². The summed E-state index contributed by atoms with van der Waals surface area (Å²) in [4.78, 5) is 31.2. The molecule has 20 heavy (non-hydrogen) atoms. The van der Waals surface area contributed by atoms with E-state index >= 15 is 0 Å². The normalized spacial score (nSPS) is 13.7. The summed E-state index contributed by atoms with van der Waals surface area (Å²) in [6.07, 6.45) is 1.38. The smallest absolute Gasteiger partial charge is 0.308 e. The maximum Gasteiger partial charge on any atom is 0.308 e. The van der Waals surface area contributed by atoms with E-state index < -0.39 is 23.8 Å². The number of amides is 1. The first kappa shape index (κ1) is 13.9. The Kier molecular flexibility index (Phi) is 3.93. The zero-order valence-corrected chi connectivity index (χ0v) is 11.2. The maximum atomic E-state index is 12.0. The number of aromatic nitrogens is 2. The first-order valence-electron chi connectivity index (χ1n) is 6.24. The van der Waals surface area contributed by atoms with E-state index in [-0.39, 0.29) is 5.69 Å². The van der Waals surface area contributed by atoms with Gasteiger partial charge in [-0.2, -0.15) is 0 Å². The lowest BCUT2D eigenvalue weighted by molar-refractivity contribution is -0.141. The molecular weight excluding hydrogens is 258 g/mol. The summed E-state index contributed by atoms with van der Waals surface area (Å²) in [6.45, 7) is 3.19. The molecule has 2 N–H and O–H groups in total. The van der Waals surface area contributed by atoms with Gasteiger partial charge in [-0.1, -0.05) is 12.1 Å². The summed E-state index contributed by atoms with van der Waals surface area (Å²) in [5.74, 6) is -2.06. The lowest BCUT2D eigenvalue weighted by atomic mass is 10.0. The number of carboxylic acid groups (broad SMARTS) is 1. The molecule has 2 unspecified atom stereocenters. The second kappa shape index (κ2) is 5.64. The molecule has 2 rings (SSSR count). The predicted molar refractivity (Wildman–Crippen MR) is 73.3 cm³/mol. The van der Waals surface area contributed by atoms with E-state index in [1.54, 1.807) is 26.0 Å². The summed E-state index contributed by atoms with van der Waals surface area (Å²) in [5.41, 5.74) is 1.50. The molecule has 6 nitrogen and oxygen atoms in total. The summed E-state index contributed by atoms with van der Waals surface area (Å²) in [6, 6.07) is 6.73. The molecule has 0 aliphatic rings. The number of benzene rings is 1. The van der Waals surface area contributed by atoms with Gasteiger partial charge in [-0.15, -0.1) is 0 Å². The highest BCUT2D eigenvalue weighted by molar-refractivity contribution is 5.94. The minimum atomic E-state index is -0.956. The fourth-order valence-corrected chi connectivity index (χ4v) is 1.69. The van der Waals surface area contributed by atoms with E-state index in [0.717, 1.165) is 0 Å². The molecular formula is C14H15N3O3. The lowest BCUT2D eigenvalue weighted by Crippen LogP contribution is -2.40. The highest BCUT2D eigenvalue weighted by Crippen LogP contribution is 2.09. The number of aliphatic carboxylic acids is 1. The zero-order valence-electron chi connectivity index (χ0n) is 11.2. The number of hydrogen-bond acceptors (Lipinski definition) is 4. The zero-order chi connectivity index (χ0) is 14.7. The Morgan fingerprint density at radius 1 is 1.20 bits per heavy atom. The summed E-state index contributed by atoms with van der Waals surface area (Å²) < 4.78 is 0. The van der Waals surface area contributed by atoms with Gasteiger partial charge < -0.3 is 10.4 Å². The van der Waals surface area contributed by atoms with Crippen LogP contribution in [0, 0.1) is 5.92 Å². The van der Waals surface area contributed by atoms with Gasteiger partial charge in [0.2, 0.25) is 0 Å². The molecule has 1 heterocycles. The van der Waals surface area contributed by atoms with Gasteiger partial charge in [-0.05, 0) is 26.0 Å². The first-order chi connectivity index (χ1) is 9.49. The van der Waals surface area contributed by atoms with E-state index in [1.807, 2.05) is 12.1 Å². The van der Waals surface area contributed by atoms with Crippen molar-refractivity contribution in [3.63, 3.8) is 0 Å². The van der Waals surface area contributed by atoms with E-state index in [0.29, 0.717) is 11.0 Å². The molecule has 1 amide bonds. The molecule has 0 aliphatic carbocycles. The standard InChI is InChI=1S/C14H15N3O3/c1-8(14(19)20)9(2)16-13(18)12-7-15-10-5-3-4-6-11(10)17-12/h3-9H,1-2H3,(H,16,18)(H,19,20). The van der Waals surface area contributed by atoms with Crippen LogP contribution in [-0.4, -0.2) is 33.0 Å². The molecule has 2 aromatic rings. The number of carbonyl (C=O) groups excluding carboxylic acids is 1. The average Bonchev–Trinajstić information content (AvgIpc) is 2.45. The second-order valence-corrected chi connectivity index (χ2v) is 4.63. The monoisotopic (exact) mass is 273 g/mol. The molecule has 0 radical (unpaired) electrons. The fraction of sp³-hybridized carbons (Fsp3) is 0.286. The topological polar surface area (TPSA) is 92.2 Å². The molecule has 1 aromatic heterocycles. The maximum absolute atomic E-state index is 12.0. The van der Waals surface area contributed by atoms with Crippen LogP contribution in [0.1, 0.15) is 24.3 Å². The van der Waals surface area contributed by atoms with Crippen LogP contribution in [0.5, 0.6) is 0 Å². The van der Waals surface area contributed by atoms with Crippen molar-refractivity contribution < 1.29 is 14.7 Å². The number of rotatable bonds is 4. The van der Waals surface area contributed by atoms with E-state index in [2.05, 4.69) is 15.3 Å². The van der Waals surface area contributed by atoms with Crippen LogP contribution in [0.25, 0.3) is 11.0 Å². The number of carboxylic acids is 1. The lowest BCUT2D eigenvalue weighted by Gasteiger charge is -2.17. The Labute approximate surface area is 115 Å². The van der Waals surface area contributed by atoms with Crippen LogP contribution in [0.3, 0.4) is 0 Å². The van der Waals surface area contributed by atoms with Crippen molar-refractivity contribution in [3.8, 4) is 0 Å². The molecule has 0 saturated heterocycles. The van der Waals surface area contributed by atoms with Gasteiger partial charge >= 0.3 is 5.97 Å². The van der Waals surface area contributed by atoms with Gasteiger partial charge in [0, 0.05) is 6.04 Å². The van der Waals surface area contributed by atoms with Gasteiger partial charge in [0.05, 0.1) is 23.1 Å². The Hall–Kier alpha value is -2.50. The van der Waals surface area contributed by atoms with Crippen molar-refractivity contribution in [2.75, 3.05) is 0 Å². The summed E-state index contributed by atoms with van der Waals surface area (Å²) in [5, 5.41) is 11.5. The van der Waals surface area contributed by atoms with Crippen LogP contribution in [0.2, 0.25) is 0 Å². The number of para-hydroxylation sites is 2. The largest absolute Gasteiger partial charge is 0.481 e. The van der Waals surface area contributed by atoms with Gasteiger partial charge in [0.25, 0.3) is 5.91 Å². The number of nitrogens with zero attached hydrogens (tertiary/aromatic N) is 2. The molecule has 104 valence electrons. The molecule has 2 atom stereocenters. The number of hydrogen-bond donors (Lipinski definition) is 2. The van der Waals surface area contributed by atoms with Crippen molar-refractivity contribution in [1.29, 1.82) is 0 Å². The first-order valence-corrected chi connectivity index (χ1v) is 6.24. The summed E-state index contributed by atoms with van der Waals surface area (Å²) >= 11 is 0. The minimum absolute atomic E-state index is 0.174. The Morgan fingerprint density at radius 3 is 2.50 bits per heavy atom. The van der Waals surface area contributed by atoms with E-state index in [1.165, 1.54) is 6.20 Å². The molecule has 0 fully saturated rings. The average molecular weight is 273 g/mol. The van der Waals surface area contributed by atoms with Gasteiger partial charge in [-0.25, -0.2) is 4.98 Å². The van der Waals surface area contributed by atoms with Crippen LogP contribution in [0.4, 0.5) is 0 Å². The molecule has 0 saturated carbocycles. The SMILES string of the molecule is CC(NC(=O)c1cnc2ccccc2n1)C(C)C(=O)O. The highest BCUT2D eigenvalue weighted by Gasteiger charge is 2.22. The predicted octanol–water partition coefficient (Wildman–Crippen LogP) is 1.47. The highest BCUT2D eigenvalue weighted by atomic mass is 16.4. The molecule has 0 spiro atoms. The summed E-state index contributed by atoms with van der Waals surface area (Å²) in [7, 11) is 0. The second-order valence-electron chi connectivity index (χ2n) is 4.63. The molecule has 0 aliphatic heterocycles. The van der Waals surface area contributed by atoms with Crippen LogP contribution in [-0.2, 0) is 4.79 Å². The van der Waals surface area contributed by atoms with Gasteiger partial charge in [0.15, 0.2) is 0 Å². The third-order valence-corrected chi connectivity index (χ3v) is 3.18. The van der Waals surface area contributed by atoms with Crippen molar-refractivity contribution in [2.24, 2.45) is 5.92 Å². The Morgan fingerprint density at radius 2 is 1.85 bits per heavy atom. The quantitative estimate of drug-likeness (QED) is 0.880. The fourth-order valence-electron chi connectivity index (χ4n) is 1.69. The van der Waals surface area contributed by atoms with Crippen molar-refractivity contribution >= 4 is 22.9 Å². The van der Waals surface area contributed by atoms with Crippen molar-refractivity contribution in [2.45, 2.75) is 19.9 Å². The third kappa shape index (κ3) is 2.90. The van der Waals surface area contributed by atoms with Crippen LogP contribution < -0.4 is 5.32 Å². The van der Waals surface area contributed by atoms with Gasteiger partial charge in [0.1, 0.15) is 5.69 Å². The number of nitrogens with one attached hydrogen (secondary N) is 1. The van der Waals surface area contributed by atoms with Crippen molar-refractivity contribution in [3.05, 3.63) is 36.2 Å². The number of fused-ring (bicyclic) bond motifs is 1. The van der Waals surface area contributed by atoms with E-state index in [9.17, 15) is 9.59 Å². The minimum Gasteiger partial charge on any atom is -0.481 e. The Balaban J connectivity index is 2.17.